The Morgan fingerprint density at radius 1 is 1.11 bits per heavy atom. The Morgan fingerprint density at radius 3 is 2.54 bits per heavy atom. The Labute approximate surface area is 165 Å². The van der Waals surface area contributed by atoms with Crippen LogP contribution < -0.4 is 10.6 Å². The maximum absolute atomic E-state index is 12.4. The number of Topliss-reactive ketones (excluding diaryl/α,β-unsaturated/α-hetero) is 1. The van der Waals surface area contributed by atoms with Gasteiger partial charge in [-0.2, -0.15) is 0 Å². The van der Waals surface area contributed by atoms with E-state index in [0.29, 0.717) is 17.9 Å². The zero-order chi connectivity index (χ0) is 20.1. The fraction of sp³-hybridized carbons (Fsp3) is 0.364. The van der Waals surface area contributed by atoms with Gasteiger partial charge < -0.3 is 20.3 Å². The molecular formula is C22H27N3O3. The van der Waals surface area contributed by atoms with Crippen LogP contribution in [0.5, 0.6) is 0 Å². The van der Waals surface area contributed by atoms with E-state index in [-0.39, 0.29) is 24.0 Å². The number of ketones is 1. The summed E-state index contributed by atoms with van der Waals surface area (Å²) in [6.45, 7) is 5.73. The van der Waals surface area contributed by atoms with Crippen molar-refractivity contribution in [2.24, 2.45) is 0 Å². The molecule has 2 atom stereocenters. The second kappa shape index (κ2) is 8.99. The fourth-order valence-electron chi connectivity index (χ4n) is 3.48. The number of nitrogens with zero attached hydrogens (tertiary/aromatic N) is 1. The quantitative estimate of drug-likeness (QED) is 0.753. The van der Waals surface area contributed by atoms with Gasteiger partial charge in [-0.05, 0) is 50.2 Å². The third-order valence-corrected chi connectivity index (χ3v) is 4.89. The predicted octanol–water partition coefficient (Wildman–Crippen LogP) is 3.40. The van der Waals surface area contributed by atoms with E-state index in [9.17, 15) is 9.59 Å². The van der Waals surface area contributed by atoms with E-state index in [0.717, 1.165) is 24.2 Å². The van der Waals surface area contributed by atoms with Crippen molar-refractivity contribution in [3.63, 3.8) is 0 Å². The zero-order valence-corrected chi connectivity index (χ0v) is 16.6. The Hall–Kier alpha value is -2.70. The van der Waals surface area contributed by atoms with Gasteiger partial charge in [-0.15, -0.1) is 0 Å². The maximum atomic E-state index is 12.4. The van der Waals surface area contributed by atoms with Crippen molar-refractivity contribution in [1.29, 1.82) is 0 Å². The number of amides is 2. The number of hydrogen-bond acceptors (Lipinski definition) is 4. The summed E-state index contributed by atoms with van der Waals surface area (Å²) in [6, 6.07) is 14.8. The van der Waals surface area contributed by atoms with E-state index in [4.69, 9.17) is 4.74 Å². The number of ether oxygens (including phenoxy) is 1. The molecule has 148 valence electrons. The van der Waals surface area contributed by atoms with Gasteiger partial charge in [-0.1, -0.05) is 30.3 Å². The number of likely N-dealkylation sites (tertiary alicyclic amines) is 1. The van der Waals surface area contributed by atoms with Crippen LogP contribution in [0.2, 0.25) is 0 Å². The summed E-state index contributed by atoms with van der Waals surface area (Å²) in [6.07, 6.45) is 0.0108. The Morgan fingerprint density at radius 2 is 1.86 bits per heavy atom. The molecule has 6 heteroatoms. The van der Waals surface area contributed by atoms with Crippen molar-refractivity contribution in [2.75, 3.05) is 32.1 Å². The lowest BCUT2D eigenvalue weighted by Crippen LogP contribution is -2.45. The minimum absolute atomic E-state index is 0.0108. The molecule has 0 radical (unpaired) electrons. The molecule has 1 saturated heterocycles. The topological polar surface area (TPSA) is 70.7 Å². The van der Waals surface area contributed by atoms with Crippen LogP contribution in [0.25, 0.3) is 11.1 Å². The second-order valence-corrected chi connectivity index (χ2v) is 7.13. The molecule has 2 N–H and O–H groups in total. The molecule has 2 aromatic carbocycles. The minimum atomic E-state index is -0.240. The molecule has 0 aromatic heterocycles. The van der Waals surface area contributed by atoms with Gasteiger partial charge in [0.1, 0.15) is 0 Å². The first-order chi connectivity index (χ1) is 13.5. The molecular weight excluding hydrogens is 354 g/mol. The summed E-state index contributed by atoms with van der Waals surface area (Å²) in [5, 5.41) is 5.88. The Balaban J connectivity index is 1.62. The highest BCUT2D eigenvalue weighted by Gasteiger charge is 2.32. The van der Waals surface area contributed by atoms with Crippen LogP contribution in [-0.2, 0) is 4.74 Å². The number of carbonyl (C=O) groups is 2. The lowest BCUT2D eigenvalue weighted by atomic mass is 10.0. The maximum Gasteiger partial charge on any atom is 0.319 e. The van der Waals surface area contributed by atoms with Crippen molar-refractivity contribution in [2.45, 2.75) is 26.0 Å². The van der Waals surface area contributed by atoms with E-state index in [1.807, 2.05) is 62.5 Å². The molecule has 2 amide bonds. The van der Waals surface area contributed by atoms with Gasteiger partial charge in [0.2, 0.25) is 0 Å². The summed E-state index contributed by atoms with van der Waals surface area (Å²) in [7, 11) is 2.02. The Bertz CT molecular complexity index is 835. The van der Waals surface area contributed by atoms with Gasteiger partial charge in [-0.25, -0.2) is 4.79 Å². The number of nitrogens with one attached hydrogen (secondary N) is 2. The molecule has 0 unspecified atom stereocenters. The van der Waals surface area contributed by atoms with Gasteiger partial charge in [0, 0.05) is 30.9 Å². The van der Waals surface area contributed by atoms with Crippen LogP contribution >= 0.6 is 0 Å². The van der Waals surface area contributed by atoms with Gasteiger partial charge >= 0.3 is 6.03 Å². The number of benzene rings is 2. The van der Waals surface area contributed by atoms with Crippen LogP contribution in [0.15, 0.2) is 48.5 Å². The van der Waals surface area contributed by atoms with Crippen LogP contribution in [0.3, 0.4) is 0 Å². The molecule has 1 aliphatic heterocycles. The average Bonchev–Trinajstić information content (AvgIpc) is 3.01. The molecule has 0 saturated carbocycles. The third-order valence-electron chi connectivity index (χ3n) is 4.89. The SMILES string of the molecule is CCO[C@H]1CN(C)C[C@@H]1NC(=O)Nc1ccc(-c2cccc(C(C)=O)c2)cc1. The number of rotatable bonds is 6. The molecule has 1 fully saturated rings. The molecule has 28 heavy (non-hydrogen) atoms. The van der Waals surface area contributed by atoms with Crippen LogP contribution in [0.1, 0.15) is 24.2 Å². The van der Waals surface area contributed by atoms with E-state index in [1.165, 1.54) is 0 Å². The Kier molecular flexibility index (Phi) is 6.44. The largest absolute Gasteiger partial charge is 0.375 e. The summed E-state index contributed by atoms with van der Waals surface area (Å²) in [5.74, 6) is 0.0414. The summed E-state index contributed by atoms with van der Waals surface area (Å²) in [4.78, 5) is 26.1. The van der Waals surface area contributed by atoms with Crippen molar-refractivity contribution in [3.8, 4) is 11.1 Å². The second-order valence-electron chi connectivity index (χ2n) is 7.13. The lowest BCUT2D eigenvalue weighted by Gasteiger charge is -2.20. The summed E-state index contributed by atoms with van der Waals surface area (Å²) >= 11 is 0. The minimum Gasteiger partial charge on any atom is -0.375 e. The van der Waals surface area contributed by atoms with E-state index in [2.05, 4.69) is 15.5 Å². The van der Waals surface area contributed by atoms with E-state index >= 15 is 0 Å². The highest BCUT2D eigenvalue weighted by Crippen LogP contribution is 2.23. The summed E-state index contributed by atoms with van der Waals surface area (Å²) < 4.78 is 5.72. The van der Waals surface area contributed by atoms with Crippen molar-refractivity contribution in [1.82, 2.24) is 10.2 Å². The molecule has 1 heterocycles. The first kappa shape index (κ1) is 20.0. The van der Waals surface area contributed by atoms with E-state index in [1.54, 1.807) is 6.92 Å². The molecule has 1 aliphatic rings. The van der Waals surface area contributed by atoms with Crippen LogP contribution in [-0.4, -0.2) is 55.6 Å². The number of anilines is 1. The highest BCUT2D eigenvalue weighted by atomic mass is 16.5. The standard InChI is InChI=1S/C22H27N3O3/c1-4-28-21-14-25(3)13-20(21)24-22(27)23-19-10-8-16(9-11-19)18-7-5-6-17(12-18)15(2)26/h5-12,20-21H,4,13-14H2,1-3H3,(H2,23,24,27)/t20-,21-/m0/s1. The summed E-state index contributed by atoms with van der Waals surface area (Å²) in [5.41, 5.74) is 3.35. The first-order valence-corrected chi connectivity index (χ1v) is 9.55. The average molecular weight is 381 g/mol. The smallest absolute Gasteiger partial charge is 0.319 e. The van der Waals surface area contributed by atoms with Gasteiger partial charge in [-0.3, -0.25) is 4.79 Å². The fourth-order valence-corrected chi connectivity index (χ4v) is 3.48. The van der Waals surface area contributed by atoms with Crippen molar-refractivity contribution < 1.29 is 14.3 Å². The molecule has 3 rings (SSSR count). The molecule has 2 aromatic rings. The van der Waals surface area contributed by atoms with Crippen LogP contribution in [0.4, 0.5) is 10.5 Å². The van der Waals surface area contributed by atoms with Gasteiger partial charge in [0.05, 0.1) is 12.1 Å². The number of likely N-dealkylation sites (N-methyl/N-ethyl adjacent to an activating group) is 1. The normalized spacial score (nSPS) is 19.4. The lowest BCUT2D eigenvalue weighted by molar-refractivity contribution is 0.0568. The van der Waals surface area contributed by atoms with Crippen molar-refractivity contribution in [3.05, 3.63) is 54.1 Å². The number of urea groups is 1. The monoisotopic (exact) mass is 381 g/mol. The number of hydrogen-bond donors (Lipinski definition) is 2. The first-order valence-electron chi connectivity index (χ1n) is 9.55. The molecule has 6 nitrogen and oxygen atoms in total. The zero-order valence-electron chi connectivity index (χ0n) is 16.6. The highest BCUT2D eigenvalue weighted by molar-refractivity contribution is 5.95. The van der Waals surface area contributed by atoms with Gasteiger partial charge in [0.25, 0.3) is 0 Å². The van der Waals surface area contributed by atoms with Crippen LogP contribution in [0, 0.1) is 0 Å². The number of carbonyl (C=O) groups excluding carboxylic acids is 2. The van der Waals surface area contributed by atoms with Crippen molar-refractivity contribution >= 4 is 17.5 Å². The molecule has 0 bridgehead atoms. The van der Waals surface area contributed by atoms with Gasteiger partial charge in [0.15, 0.2) is 5.78 Å². The predicted molar refractivity (Wildman–Crippen MR) is 111 cm³/mol. The third kappa shape index (κ3) is 4.97. The van der Waals surface area contributed by atoms with E-state index < -0.39 is 0 Å². The molecule has 0 aliphatic carbocycles. The molecule has 0 spiro atoms.